The van der Waals surface area contributed by atoms with Crippen LogP contribution in [0.25, 0.3) is 6.08 Å². The van der Waals surface area contributed by atoms with Crippen molar-refractivity contribution in [1.29, 1.82) is 0 Å². The fourth-order valence-electron chi connectivity index (χ4n) is 1.99. The average Bonchev–Trinajstić information content (AvgIpc) is 2.56. The van der Waals surface area contributed by atoms with E-state index < -0.39 is 11.4 Å². The van der Waals surface area contributed by atoms with Crippen LogP contribution in [0.3, 0.4) is 0 Å². The van der Waals surface area contributed by atoms with Crippen LogP contribution >= 0.6 is 0 Å². The molecule has 1 aliphatic rings. The molecule has 20 heavy (non-hydrogen) atoms. The first-order chi connectivity index (χ1) is 9.31. The molecular formula is C14H14N2O4. The van der Waals surface area contributed by atoms with E-state index in [2.05, 4.69) is 4.98 Å². The van der Waals surface area contributed by atoms with E-state index in [1.54, 1.807) is 32.0 Å². The summed E-state index contributed by atoms with van der Waals surface area (Å²) in [6, 6.07) is 4.77. The van der Waals surface area contributed by atoms with Crippen LogP contribution in [-0.2, 0) is 14.4 Å². The highest BCUT2D eigenvalue weighted by Gasteiger charge is 2.46. The highest BCUT2D eigenvalue weighted by Crippen LogP contribution is 2.34. The third-order valence-electron chi connectivity index (χ3n) is 3.01. The Kier molecular flexibility index (Phi) is 3.40. The van der Waals surface area contributed by atoms with Crippen molar-refractivity contribution in [2.24, 2.45) is 5.41 Å². The molecule has 0 bridgehead atoms. The molecule has 1 aromatic rings. The van der Waals surface area contributed by atoms with Gasteiger partial charge in [-0.2, -0.15) is 0 Å². The van der Waals surface area contributed by atoms with Gasteiger partial charge in [0.1, 0.15) is 5.82 Å². The Bertz CT molecular complexity index is 619. The van der Waals surface area contributed by atoms with Crippen molar-refractivity contribution in [1.82, 2.24) is 4.98 Å². The monoisotopic (exact) mass is 274 g/mol. The van der Waals surface area contributed by atoms with Gasteiger partial charge in [0.15, 0.2) is 0 Å². The summed E-state index contributed by atoms with van der Waals surface area (Å²) in [5.74, 6) is -1.47. The van der Waals surface area contributed by atoms with Gasteiger partial charge in [-0.25, -0.2) is 14.7 Å². The number of carboxylic acid groups (broad SMARTS) is 1. The normalized spacial score (nSPS) is 18.0. The molecule has 0 unspecified atom stereocenters. The van der Waals surface area contributed by atoms with Gasteiger partial charge < -0.3 is 5.11 Å². The Morgan fingerprint density at radius 2 is 2.10 bits per heavy atom. The van der Waals surface area contributed by atoms with Crippen molar-refractivity contribution >= 4 is 29.7 Å². The molecule has 0 aromatic carbocycles. The lowest BCUT2D eigenvalue weighted by Crippen LogP contribution is -2.33. The zero-order valence-electron chi connectivity index (χ0n) is 11.2. The second-order valence-corrected chi connectivity index (χ2v) is 5.19. The van der Waals surface area contributed by atoms with Crippen LogP contribution in [-0.4, -0.2) is 27.9 Å². The number of amides is 2. The molecule has 0 atom stereocenters. The number of carbonyl (C=O) groups excluding carboxylic acids is 2. The Morgan fingerprint density at radius 3 is 2.65 bits per heavy atom. The number of aromatic nitrogens is 1. The minimum Gasteiger partial charge on any atom is -0.478 e. The Balaban J connectivity index is 2.35. The number of pyridine rings is 1. The summed E-state index contributed by atoms with van der Waals surface area (Å²) in [6.07, 6.45) is 2.40. The van der Waals surface area contributed by atoms with Gasteiger partial charge in [-0.3, -0.25) is 9.59 Å². The van der Waals surface area contributed by atoms with Gasteiger partial charge in [-0.05, 0) is 18.2 Å². The molecule has 104 valence electrons. The maximum Gasteiger partial charge on any atom is 0.328 e. The summed E-state index contributed by atoms with van der Waals surface area (Å²) >= 11 is 0. The SMILES string of the molecule is CC1(C)CC(=O)N(c2cccc(C=CC(=O)O)n2)C1=O. The van der Waals surface area contributed by atoms with Crippen LogP contribution in [0.15, 0.2) is 24.3 Å². The van der Waals surface area contributed by atoms with Crippen LogP contribution in [0.5, 0.6) is 0 Å². The second-order valence-electron chi connectivity index (χ2n) is 5.19. The zero-order chi connectivity index (χ0) is 14.9. The van der Waals surface area contributed by atoms with Gasteiger partial charge >= 0.3 is 5.97 Å². The molecule has 0 radical (unpaired) electrons. The van der Waals surface area contributed by atoms with Crippen LogP contribution < -0.4 is 4.90 Å². The summed E-state index contributed by atoms with van der Waals surface area (Å²) in [5, 5.41) is 8.58. The maximum atomic E-state index is 12.2. The molecule has 6 heteroatoms. The van der Waals surface area contributed by atoms with Gasteiger partial charge in [0.2, 0.25) is 11.8 Å². The van der Waals surface area contributed by atoms with Crippen molar-refractivity contribution < 1.29 is 19.5 Å². The summed E-state index contributed by atoms with van der Waals surface area (Å²) < 4.78 is 0. The van der Waals surface area contributed by atoms with Gasteiger partial charge in [0, 0.05) is 12.5 Å². The zero-order valence-corrected chi connectivity index (χ0v) is 11.2. The van der Waals surface area contributed by atoms with E-state index in [1.807, 2.05) is 0 Å². The average molecular weight is 274 g/mol. The predicted octanol–water partition coefficient (Wildman–Crippen LogP) is 1.47. The van der Waals surface area contributed by atoms with Crippen molar-refractivity contribution in [2.75, 3.05) is 4.90 Å². The molecule has 1 aromatic heterocycles. The molecular weight excluding hydrogens is 260 g/mol. The van der Waals surface area contributed by atoms with Crippen molar-refractivity contribution in [3.63, 3.8) is 0 Å². The maximum absolute atomic E-state index is 12.2. The highest BCUT2D eigenvalue weighted by atomic mass is 16.4. The molecule has 2 amide bonds. The standard InChI is InChI=1S/C14H14N2O4/c1-14(2)8-11(17)16(13(14)20)10-5-3-4-9(15-10)6-7-12(18)19/h3-7H,8H2,1-2H3,(H,18,19). The molecule has 2 rings (SSSR count). The fourth-order valence-corrected chi connectivity index (χ4v) is 1.99. The van der Waals surface area contributed by atoms with Crippen LogP contribution in [0.4, 0.5) is 5.82 Å². The minimum absolute atomic E-state index is 0.142. The molecule has 1 aliphatic heterocycles. The Labute approximate surface area is 115 Å². The molecule has 0 saturated carbocycles. The number of aliphatic carboxylic acids is 1. The van der Waals surface area contributed by atoms with E-state index in [-0.39, 0.29) is 24.1 Å². The highest BCUT2D eigenvalue weighted by molar-refractivity contribution is 6.21. The van der Waals surface area contributed by atoms with Gasteiger partial charge in [0.25, 0.3) is 0 Å². The van der Waals surface area contributed by atoms with E-state index >= 15 is 0 Å². The summed E-state index contributed by atoms with van der Waals surface area (Å²) in [5.41, 5.74) is -0.360. The third-order valence-corrected chi connectivity index (χ3v) is 3.01. The van der Waals surface area contributed by atoms with E-state index in [0.717, 1.165) is 11.0 Å². The first kappa shape index (κ1) is 13.9. The van der Waals surface area contributed by atoms with Gasteiger partial charge in [-0.15, -0.1) is 0 Å². The Morgan fingerprint density at radius 1 is 1.40 bits per heavy atom. The summed E-state index contributed by atoms with van der Waals surface area (Å²) in [6.45, 7) is 3.42. The molecule has 1 saturated heterocycles. The number of imide groups is 1. The van der Waals surface area contributed by atoms with Crippen molar-refractivity contribution in [3.8, 4) is 0 Å². The number of carboxylic acids is 1. The lowest BCUT2D eigenvalue weighted by atomic mass is 9.92. The largest absolute Gasteiger partial charge is 0.478 e. The van der Waals surface area contributed by atoms with Crippen molar-refractivity contribution in [2.45, 2.75) is 20.3 Å². The van der Waals surface area contributed by atoms with E-state index in [1.165, 1.54) is 6.08 Å². The van der Waals surface area contributed by atoms with Crippen LogP contribution in [0.2, 0.25) is 0 Å². The van der Waals surface area contributed by atoms with Gasteiger partial charge in [0.05, 0.1) is 11.1 Å². The number of hydrogen-bond donors (Lipinski definition) is 1. The molecule has 0 spiro atoms. The van der Waals surface area contributed by atoms with E-state index in [0.29, 0.717) is 5.69 Å². The first-order valence-electron chi connectivity index (χ1n) is 6.07. The lowest BCUT2D eigenvalue weighted by molar-refractivity contribution is -0.131. The number of hydrogen-bond acceptors (Lipinski definition) is 4. The van der Waals surface area contributed by atoms with Crippen LogP contribution in [0, 0.1) is 5.41 Å². The molecule has 1 fully saturated rings. The Hall–Kier alpha value is -2.50. The molecule has 6 nitrogen and oxygen atoms in total. The number of rotatable bonds is 3. The fraction of sp³-hybridized carbons (Fsp3) is 0.286. The lowest BCUT2D eigenvalue weighted by Gasteiger charge is -2.17. The molecule has 0 aliphatic carbocycles. The number of nitrogens with zero attached hydrogens (tertiary/aromatic N) is 2. The summed E-state index contributed by atoms with van der Waals surface area (Å²) in [7, 11) is 0. The van der Waals surface area contributed by atoms with Crippen molar-refractivity contribution in [3.05, 3.63) is 30.0 Å². The smallest absolute Gasteiger partial charge is 0.328 e. The van der Waals surface area contributed by atoms with E-state index in [4.69, 9.17) is 5.11 Å². The first-order valence-corrected chi connectivity index (χ1v) is 6.07. The summed E-state index contributed by atoms with van der Waals surface area (Å²) in [4.78, 5) is 39.8. The topological polar surface area (TPSA) is 87.6 Å². The predicted molar refractivity (Wildman–Crippen MR) is 71.8 cm³/mol. The van der Waals surface area contributed by atoms with E-state index in [9.17, 15) is 14.4 Å². The molecule has 2 heterocycles. The minimum atomic E-state index is -1.09. The van der Waals surface area contributed by atoms with Crippen LogP contribution in [0.1, 0.15) is 26.0 Å². The third kappa shape index (κ3) is 2.59. The quantitative estimate of drug-likeness (QED) is 0.666. The number of carbonyl (C=O) groups is 3. The number of anilines is 1. The van der Waals surface area contributed by atoms with Gasteiger partial charge in [-0.1, -0.05) is 19.9 Å². The second kappa shape index (κ2) is 4.88. The molecule has 1 N–H and O–H groups in total.